The Balaban J connectivity index is 1.64. The first-order valence-electron chi connectivity index (χ1n) is 8.83. The molecule has 3 rings (SSSR count). The van der Waals surface area contributed by atoms with Gasteiger partial charge >= 0.3 is 0 Å². The fraction of sp³-hybridized carbons (Fsp3) is 0.632. The Morgan fingerprint density at radius 2 is 1.64 bits per heavy atom. The average molecular weight is 300 g/mol. The summed E-state index contributed by atoms with van der Waals surface area (Å²) < 4.78 is 0. The van der Waals surface area contributed by atoms with E-state index in [-0.39, 0.29) is 5.91 Å². The minimum atomic E-state index is 0.169. The topological polar surface area (TPSA) is 32.3 Å². The van der Waals surface area contributed by atoms with Crippen molar-refractivity contribution in [2.45, 2.75) is 56.9 Å². The quantitative estimate of drug-likeness (QED) is 0.925. The first-order valence-corrected chi connectivity index (χ1v) is 8.83. The van der Waals surface area contributed by atoms with E-state index in [0.29, 0.717) is 12.0 Å². The van der Waals surface area contributed by atoms with Gasteiger partial charge in [0.15, 0.2) is 0 Å². The van der Waals surface area contributed by atoms with Crippen molar-refractivity contribution in [2.75, 3.05) is 20.1 Å². The Bertz CT molecular complexity index is 485. The van der Waals surface area contributed by atoms with E-state index in [1.165, 1.54) is 37.7 Å². The first-order chi connectivity index (χ1) is 10.8. The number of amides is 1. The van der Waals surface area contributed by atoms with Crippen LogP contribution in [0, 0.1) is 0 Å². The van der Waals surface area contributed by atoms with Crippen molar-refractivity contribution in [3.05, 3.63) is 35.4 Å². The molecule has 2 fully saturated rings. The Morgan fingerprint density at radius 1 is 1.00 bits per heavy atom. The third kappa shape index (κ3) is 3.52. The summed E-state index contributed by atoms with van der Waals surface area (Å²) in [7, 11) is 1.95. The van der Waals surface area contributed by atoms with E-state index in [1.807, 2.05) is 24.1 Å². The SMILES string of the molecule is CN(C(=O)c1ccc(C2CCCCC2)cc1)C1CCNCC1. The fourth-order valence-corrected chi connectivity index (χ4v) is 3.90. The van der Waals surface area contributed by atoms with Crippen LogP contribution in [0.2, 0.25) is 0 Å². The van der Waals surface area contributed by atoms with Gasteiger partial charge in [-0.05, 0) is 62.4 Å². The van der Waals surface area contributed by atoms with Gasteiger partial charge in [0.05, 0.1) is 0 Å². The summed E-state index contributed by atoms with van der Waals surface area (Å²) in [4.78, 5) is 14.6. The number of piperidine rings is 1. The molecule has 1 aliphatic heterocycles. The minimum absolute atomic E-state index is 0.169. The van der Waals surface area contributed by atoms with Crippen LogP contribution in [-0.2, 0) is 0 Å². The van der Waals surface area contributed by atoms with Gasteiger partial charge in [-0.3, -0.25) is 4.79 Å². The predicted molar refractivity (Wildman–Crippen MR) is 90.3 cm³/mol. The van der Waals surface area contributed by atoms with Crippen molar-refractivity contribution >= 4 is 5.91 Å². The molecule has 3 nitrogen and oxygen atoms in total. The number of nitrogens with zero attached hydrogens (tertiary/aromatic N) is 1. The van der Waals surface area contributed by atoms with Crippen LogP contribution in [0.5, 0.6) is 0 Å². The monoisotopic (exact) mass is 300 g/mol. The molecule has 1 aromatic carbocycles. The highest BCUT2D eigenvalue weighted by molar-refractivity contribution is 5.94. The summed E-state index contributed by atoms with van der Waals surface area (Å²) in [6.45, 7) is 2.03. The van der Waals surface area contributed by atoms with Crippen molar-refractivity contribution in [3.63, 3.8) is 0 Å². The second-order valence-electron chi connectivity index (χ2n) is 6.85. The molecular formula is C19H28N2O. The summed E-state index contributed by atoms with van der Waals surface area (Å²) >= 11 is 0. The number of benzene rings is 1. The zero-order valence-electron chi connectivity index (χ0n) is 13.7. The smallest absolute Gasteiger partial charge is 0.253 e. The van der Waals surface area contributed by atoms with Crippen molar-refractivity contribution < 1.29 is 4.79 Å². The van der Waals surface area contributed by atoms with E-state index < -0.39 is 0 Å². The molecule has 0 bridgehead atoms. The van der Waals surface area contributed by atoms with Gasteiger partial charge < -0.3 is 10.2 Å². The molecule has 1 N–H and O–H groups in total. The summed E-state index contributed by atoms with van der Waals surface area (Å²) in [6, 6.07) is 8.80. The summed E-state index contributed by atoms with van der Waals surface area (Å²) in [5.74, 6) is 0.877. The van der Waals surface area contributed by atoms with Crippen molar-refractivity contribution in [2.24, 2.45) is 0 Å². The molecule has 22 heavy (non-hydrogen) atoms. The van der Waals surface area contributed by atoms with Gasteiger partial charge in [-0.1, -0.05) is 31.4 Å². The predicted octanol–water partition coefficient (Wildman–Crippen LogP) is 3.56. The Morgan fingerprint density at radius 3 is 2.27 bits per heavy atom. The van der Waals surface area contributed by atoms with E-state index in [0.717, 1.165) is 31.5 Å². The number of rotatable bonds is 3. The zero-order valence-corrected chi connectivity index (χ0v) is 13.7. The molecular weight excluding hydrogens is 272 g/mol. The molecule has 1 saturated carbocycles. The fourth-order valence-electron chi connectivity index (χ4n) is 3.90. The second kappa shape index (κ2) is 7.28. The van der Waals surface area contributed by atoms with Crippen LogP contribution in [0.3, 0.4) is 0 Å². The van der Waals surface area contributed by atoms with Crippen molar-refractivity contribution in [1.82, 2.24) is 10.2 Å². The maximum atomic E-state index is 12.6. The summed E-state index contributed by atoms with van der Waals surface area (Å²) in [5.41, 5.74) is 2.25. The van der Waals surface area contributed by atoms with Gasteiger partial charge in [0.2, 0.25) is 0 Å². The second-order valence-corrected chi connectivity index (χ2v) is 6.85. The van der Waals surface area contributed by atoms with Crippen molar-refractivity contribution in [3.8, 4) is 0 Å². The molecule has 0 atom stereocenters. The largest absolute Gasteiger partial charge is 0.339 e. The highest BCUT2D eigenvalue weighted by atomic mass is 16.2. The van der Waals surface area contributed by atoms with E-state index in [2.05, 4.69) is 17.4 Å². The molecule has 0 unspecified atom stereocenters. The standard InChI is InChI=1S/C19H28N2O/c1-21(18-11-13-20-14-12-18)19(22)17-9-7-16(8-10-17)15-5-3-2-4-6-15/h7-10,15,18,20H,2-6,11-14H2,1H3. The molecule has 1 aromatic rings. The van der Waals surface area contributed by atoms with Crippen LogP contribution in [-0.4, -0.2) is 37.0 Å². The number of carbonyl (C=O) groups is 1. The van der Waals surface area contributed by atoms with Crippen LogP contribution < -0.4 is 5.32 Å². The lowest BCUT2D eigenvalue weighted by Gasteiger charge is -2.31. The number of carbonyl (C=O) groups excluding carboxylic acids is 1. The zero-order chi connectivity index (χ0) is 15.4. The third-order valence-electron chi connectivity index (χ3n) is 5.41. The van der Waals surface area contributed by atoms with Crippen LogP contribution in [0.4, 0.5) is 0 Å². The van der Waals surface area contributed by atoms with Gasteiger partial charge in [-0.25, -0.2) is 0 Å². The molecule has 0 spiro atoms. The van der Waals surface area contributed by atoms with E-state index in [1.54, 1.807) is 0 Å². The normalized spacial score (nSPS) is 20.8. The third-order valence-corrected chi connectivity index (χ3v) is 5.41. The average Bonchev–Trinajstić information content (AvgIpc) is 2.62. The van der Waals surface area contributed by atoms with Crippen LogP contribution in [0.25, 0.3) is 0 Å². The first kappa shape index (κ1) is 15.5. The van der Waals surface area contributed by atoms with Crippen LogP contribution in [0.15, 0.2) is 24.3 Å². The molecule has 0 aromatic heterocycles. The Labute approximate surface area is 134 Å². The highest BCUT2D eigenvalue weighted by Gasteiger charge is 2.23. The maximum absolute atomic E-state index is 12.6. The van der Waals surface area contributed by atoms with E-state index in [9.17, 15) is 4.79 Å². The van der Waals surface area contributed by atoms with Gasteiger partial charge in [-0.15, -0.1) is 0 Å². The van der Waals surface area contributed by atoms with Gasteiger partial charge in [0.1, 0.15) is 0 Å². The molecule has 1 aliphatic carbocycles. The van der Waals surface area contributed by atoms with E-state index >= 15 is 0 Å². The highest BCUT2D eigenvalue weighted by Crippen LogP contribution is 2.32. The Kier molecular flexibility index (Phi) is 5.14. The van der Waals surface area contributed by atoms with Gasteiger partial charge in [0, 0.05) is 18.7 Å². The lowest BCUT2D eigenvalue weighted by Crippen LogP contribution is -2.43. The van der Waals surface area contributed by atoms with Crippen molar-refractivity contribution in [1.29, 1.82) is 0 Å². The molecule has 2 aliphatic rings. The number of hydrogen-bond acceptors (Lipinski definition) is 2. The summed E-state index contributed by atoms with van der Waals surface area (Å²) in [5, 5.41) is 3.35. The molecule has 3 heteroatoms. The molecule has 120 valence electrons. The van der Waals surface area contributed by atoms with Crippen LogP contribution in [0.1, 0.15) is 66.8 Å². The minimum Gasteiger partial charge on any atom is -0.339 e. The number of hydrogen-bond donors (Lipinski definition) is 1. The lowest BCUT2D eigenvalue weighted by atomic mass is 9.84. The van der Waals surface area contributed by atoms with Gasteiger partial charge in [0.25, 0.3) is 5.91 Å². The molecule has 1 heterocycles. The maximum Gasteiger partial charge on any atom is 0.253 e. The lowest BCUT2D eigenvalue weighted by molar-refractivity contribution is 0.0703. The van der Waals surface area contributed by atoms with Crippen LogP contribution >= 0.6 is 0 Å². The molecule has 1 amide bonds. The summed E-state index contributed by atoms with van der Waals surface area (Å²) in [6.07, 6.45) is 8.82. The Hall–Kier alpha value is -1.35. The van der Waals surface area contributed by atoms with Gasteiger partial charge in [-0.2, -0.15) is 0 Å². The molecule has 1 saturated heterocycles. The number of nitrogens with one attached hydrogen (secondary N) is 1. The van der Waals surface area contributed by atoms with E-state index in [4.69, 9.17) is 0 Å². The molecule has 0 radical (unpaired) electrons.